The Bertz CT molecular complexity index is 565. The van der Waals surface area contributed by atoms with E-state index in [4.69, 9.17) is 4.74 Å². The maximum Gasteiger partial charge on any atom is 0.352 e. The molecular weight excluding hydrogens is 286 g/mol. The number of hydrogen-bond acceptors (Lipinski definition) is 6. The summed E-state index contributed by atoms with van der Waals surface area (Å²) in [6, 6.07) is 3.66. The van der Waals surface area contributed by atoms with Gasteiger partial charge in [0.25, 0.3) is 0 Å². The molecule has 2 rings (SSSR count). The Kier molecular flexibility index (Phi) is 5.80. The summed E-state index contributed by atoms with van der Waals surface area (Å²) in [6.45, 7) is 4.18. The predicted octanol–water partition coefficient (Wildman–Crippen LogP) is 3.73. The summed E-state index contributed by atoms with van der Waals surface area (Å²) >= 11 is 1.07. The van der Waals surface area contributed by atoms with Crippen molar-refractivity contribution in [1.29, 1.82) is 0 Å². The van der Waals surface area contributed by atoms with Gasteiger partial charge in [-0.3, -0.25) is 4.98 Å². The van der Waals surface area contributed by atoms with E-state index >= 15 is 0 Å². The summed E-state index contributed by atoms with van der Waals surface area (Å²) in [7, 11) is 0. The van der Waals surface area contributed by atoms with Gasteiger partial charge in [0.15, 0.2) is 4.88 Å². The van der Waals surface area contributed by atoms with Crippen LogP contribution >= 0.6 is 11.5 Å². The average Bonchev–Trinajstić information content (AvgIpc) is 2.98. The summed E-state index contributed by atoms with van der Waals surface area (Å²) in [5.41, 5.74) is 1.32. The third-order valence-corrected chi connectivity index (χ3v) is 3.81. The number of pyridine rings is 1. The Morgan fingerprint density at radius 3 is 2.71 bits per heavy atom. The van der Waals surface area contributed by atoms with Crippen molar-refractivity contribution >= 4 is 17.5 Å². The highest BCUT2D eigenvalue weighted by atomic mass is 32.1. The highest BCUT2D eigenvalue weighted by molar-refractivity contribution is 7.08. The van der Waals surface area contributed by atoms with Crippen molar-refractivity contribution in [2.45, 2.75) is 45.6 Å². The van der Waals surface area contributed by atoms with Crippen molar-refractivity contribution in [3.63, 3.8) is 0 Å². The molecular formula is C15H19N3O2S. The predicted molar refractivity (Wildman–Crippen MR) is 82.2 cm³/mol. The second-order valence-electron chi connectivity index (χ2n) is 4.80. The SMILES string of the molecule is CCCC(CCC)OC(=O)c1snnc1-c1cccnc1. The van der Waals surface area contributed by atoms with E-state index in [1.165, 1.54) is 0 Å². The summed E-state index contributed by atoms with van der Waals surface area (Å²) in [5.74, 6) is -0.337. The molecule has 0 fully saturated rings. The van der Waals surface area contributed by atoms with Crippen LogP contribution < -0.4 is 0 Å². The third kappa shape index (κ3) is 4.07. The molecule has 112 valence electrons. The van der Waals surface area contributed by atoms with Crippen LogP contribution in [0.25, 0.3) is 11.3 Å². The molecule has 2 aromatic rings. The maximum absolute atomic E-state index is 12.3. The van der Waals surface area contributed by atoms with Gasteiger partial charge in [-0.15, -0.1) is 5.10 Å². The molecule has 2 aromatic heterocycles. The van der Waals surface area contributed by atoms with E-state index in [-0.39, 0.29) is 12.1 Å². The second kappa shape index (κ2) is 7.83. The van der Waals surface area contributed by atoms with Gasteiger partial charge in [-0.1, -0.05) is 31.2 Å². The monoisotopic (exact) mass is 305 g/mol. The van der Waals surface area contributed by atoms with E-state index in [0.29, 0.717) is 10.6 Å². The van der Waals surface area contributed by atoms with Gasteiger partial charge in [-0.25, -0.2) is 4.79 Å². The van der Waals surface area contributed by atoms with Gasteiger partial charge < -0.3 is 4.74 Å². The largest absolute Gasteiger partial charge is 0.458 e. The van der Waals surface area contributed by atoms with Crippen LogP contribution in [-0.2, 0) is 4.74 Å². The van der Waals surface area contributed by atoms with Gasteiger partial charge in [0, 0.05) is 18.0 Å². The lowest BCUT2D eigenvalue weighted by atomic mass is 10.1. The van der Waals surface area contributed by atoms with E-state index < -0.39 is 0 Å². The Balaban J connectivity index is 2.15. The molecule has 0 atom stereocenters. The maximum atomic E-state index is 12.3. The molecule has 0 aromatic carbocycles. The molecule has 0 saturated heterocycles. The first-order valence-electron chi connectivity index (χ1n) is 7.20. The number of nitrogens with zero attached hydrogens (tertiary/aromatic N) is 3. The average molecular weight is 305 g/mol. The van der Waals surface area contributed by atoms with Crippen molar-refractivity contribution in [3.8, 4) is 11.3 Å². The Morgan fingerprint density at radius 2 is 2.10 bits per heavy atom. The van der Waals surface area contributed by atoms with Crippen LogP contribution in [0.15, 0.2) is 24.5 Å². The van der Waals surface area contributed by atoms with E-state index in [0.717, 1.165) is 42.8 Å². The zero-order valence-electron chi connectivity index (χ0n) is 12.3. The van der Waals surface area contributed by atoms with Crippen LogP contribution in [0.2, 0.25) is 0 Å². The highest BCUT2D eigenvalue weighted by Crippen LogP contribution is 2.25. The minimum Gasteiger partial charge on any atom is -0.458 e. The molecule has 0 aliphatic heterocycles. The molecule has 0 aliphatic carbocycles. The number of carbonyl (C=O) groups is 1. The lowest BCUT2D eigenvalue weighted by molar-refractivity contribution is 0.0265. The lowest BCUT2D eigenvalue weighted by Gasteiger charge is -2.15. The fraction of sp³-hybridized carbons (Fsp3) is 0.467. The van der Waals surface area contributed by atoms with Gasteiger partial charge in [0.2, 0.25) is 0 Å². The normalized spacial score (nSPS) is 10.8. The molecule has 0 aliphatic rings. The zero-order valence-corrected chi connectivity index (χ0v) is 13.1. The van der Waals surface area contributed by atoms with Crippen molar-refractivity contribution < 1.29 is 9.53 Å². The lowest BCUT2D eigenvalue weighted by Crippen LogP contribution is -2.18. The van der Waals surface area contributed by atoms with Gasteiger partial charge >= 0.3 is 5.97 Å². The van der Waals surface area contributed by atoms with Gasteiger partial charge in [0.05, 0.1) is 0 Å². The van der Waals surface area contributed by atoms with E-state index in [2.05, 4.69) is 28.4 Å². The standard InChI is InChI=1S/C15H19N3O2S/c1-3-6-12(7-4-2)20-15(19)14-13(17-18-21-14)11-8-5-9-16-10-11/h5,8-10,12H,3-4,6-7H2,1-2H3. The van der Waals surface area contributed by atoms with Crippen molar-refractivity contribution in [2.75, 3.05) is 0 Å². The molecule has 6 heteroatoms. The number of hydrogen-bond donors (Lipinski definition) is 0. The van der Waals surface area contributed by atoms with Crippen LogP contribution in [0.4, 0.5) is 0 Å². The number of esters is 1. The van der Waals surface area contributed by atoms with Gasteiger partial charge in [-0.2, -0.15) is 0 Å². The van der Waals surface area contributed by atoms with E-state index in [1.807, 2.05) is 6.07 Å². The minimum absolute atomic E-state index is 0.0312. The highest BCUT2D eigenvalue weighted by Gasteiger charge is 2.22. The zero-order chi connectivity index (χ0) is 15.1. The number of rotatable bonds is 7. The van der Waals surface area contributed by atoms with E-state index in [9.17, 15) is 4.79 Å². The van der Waals surface area contributed by atoms with Crippen molar-refractivity contribution in [3.05, 3.63) is 29.4 Å². The molecule has 5 nitrogen and oxygen atoms in total. The summed E-state index contributed by atoms with van der Waals surface area (Å²) < 4.78 is 9.49. The number of aromatic nitrogens is 3. The fourth-order valence-electron chi connectivity index (χ4n) is 2.13. The third-order valence-electron chi connectivity index (χ3n) is 3.10. The molecule has 0 bridgehead atoms. The summed E-state index contributed by atoms with van der Waals surface area (Å²) in [6.07, 6.45) is 7.07. The Morgan fingerprint density at radius 1 is 1.33 bits per heavy atom. The Hall–Kier alpha value is -1.82. The topological polar surface area (TPSA) is 65.0 Å². The summed E-state index contributed by atoms with van der Waals surface area (Å²) in [5, 5.41) is 4.03. The molecule has 0 radical (unpaired) electrons. The second-order valence-corrected chi connectivity index (χ2v) is 5.55. The number of ether oxygens (including phenoxy) is 1. The van der Waals surface area contributed by atoms with Gasteiger partial charge in [-0.05, 0) is 36.5 Å². The summed E-state index contributed by atoms with van der Waals surface area (Å²) in [4.78, 5) is 16.8. The molecule has 0 spiro atoms. The van der Waals surface area contributed by atoms with Crippen molar-refractivity contribution in [1.82, 2.24) is 14.6 Å². The van der Waals surface area contributed by atoms with Crippen LogP contribution in [0.3, 0.4) is 0 Å². The van der Waals surface area contributed by atoms with Crippen LogP contribution in [0, 0.1) is 0 Å². The first-order chi connectivity index (χ1) is 10.3. The quantitative estimate of drug-likeness (QED) is 0.729. The van der Waals surface area contributed by atoms with Crippen LogP contribution in [0.1, 0.15) is 49.2 Å². The first kappa shape index (κ1) is 15.6. The minimum atomic E-state index is -0.337. The molecule has 0 unspecified atom stereocenters. The first-order valence-corrected chi connectivity index (χ1v) is 7.97. The van der Waals surface area contributed by atoms with Gasteiger partial charge in [0.1, 0.15) is 11.8 Å². The fourth-order valence-corrected chi connectivity index (χ4v) is 2.70. The molecule has 0 saturated carbocycles. The molecule has 2 heterocycles. The van der Waals surface area contributed by atoms with E-state index in [1.54, 1.807) is 18.5 Å². The molecule has 0 N–H and O–H groups in total. The Labute approximate surface area is 128 Å². The van der Waals surface area contributed by atoms with Crippen LogP contribution in [-0.4, -0.2) is 26.6 Å². The number of carbonyl (C=O) groups excluding carboxylic acids is 1. The molecule has 21 heavy (non-hydrogen) atoms. The smallest absolute Gasteiger partial charge is 0.352 e. The van der Waals surface area contributed by atoms with Crippen molar-refractivity contribution in [2.24, 2.45) is 0 Å². The molecule has 0 amide bonds. The van der Waals surface area contributed by atoms with Crippen LogP contribution in [0.5, 0.6) is 0 Å².